The number of benzene rings is 1. The summed E-state index contributed by atoms with van der Waals surface area (Å²) in [5.74, 6) is -0.453. The van der Waals surface area contributed by atoms with Crippen molar-refractivity contribution < 1.29 is 14.6 Å². The van der Waals surface area contributed by atoms with Crippen molar-refractivity contribution in [3.63, 3.8) is 0 Å². The Morgan fingerprint density at radius 2 is 2.16 bits per heavy atom. The molecule has 2 aliphatic rings. The van der Waals surface area contributed by atoms with Crippen LogP contribution in [0.2, 0.25) is 0 Å². The van der Waals surface area contributed by atoms with E-state index in [1.807, 2.05) is 24.3 Å². The van der Waals surface area contributed by atoms with Gasteiger partial charge >= 0.3 is 0 Å². The monoisotopic (exact) mass is 262 g/mol. The molecule has 3 rings (SSSR count). The smallest absolute Gasteiger partial charge is 0.227 e. The molecule has 4 N–H and O–H groups in total. The van der Waals surface area contributed by atoms with Gasteiger partial charge in [0.2, 0.25) is 5.91 Å². The predicted octanol–water partition coefficient (Wildman–Crippen LogP) is -0.265. The summed E-state index contributed by atoms with van der Waals surface area (Å²) < 4.78 is 5.20. The van der Waals surface area contributed by atoms with Crippen LogP contribution in [0.4, 0.5) is 0 Å². The third-order valence-electron chi connectivity index (χ3n) is 3.96. The Bertz CT molecular complexity index is 491. The molecular weight excluding hydrogens is 244 g/mol. The first-order chi connectivity index (χ1) is 9.16. The Labute approximate surface area is 111 Å². The van der Waals surface area contributed by atoms with Crippen LogP contribution in [0.3, 0.4) is 0 Å². The van der Waals surface area contributed by atoms with Gasteiger partial charge < -0.3 is 20.9 Å². The van der Waals surface area contributed by atoms with Gasteiger partial charge in [-0.25, -0.2) is 0 Å². The lowest BCUT2D eigenvalue weighted by atomic mass is 10.0. The standard InChI is InChI=1S/C14H18N2O3/c15-11-7-19-6-10(11)14(18)16-13-9-4-2-1-3-8(9)5-12(13)17/h1-4,10-13,17H,5-7,15H2,(H,16,18)/t10?,11?,12-,13+/m1/s1. The molecule has 2 unspecified atom stereocenters. The van der Waals surface area contributed by atoms with Crippen molar-refractivity contribution >= 4 is 5.91 Å². The Balaban J connectivity index is 1.75. The van der Waals surface area contributed by atoms with E-state index in [0.717, 1.165) is 11.1 Å². The van der Waals surface area contributed by atoms with Crippen LogP contribution in [0.25, 0.3) is 0 Å². The molecule has 19 heavy (non-hydrogen) atoms. The number of fused-ring (bicyclic) bond motifs is 1. The highest BCUT2D eigenvalue weighted by atomic mass is 16.5. The largest absolute Gasteiger partial charge is 0.390 e. The number of amides is 1. The predicted molar refractivity (Wildman–Crippen MR) is 69.3 cm³/mol. The highest BCUT2D eigenvalue weighted by molar-refractivity contribution is 5.80. The summed E-state index contributed by atoms with van der Waals surface area (Å²) in [4.78, 5) is 12.2. The zero-order chi connectivity index (χ0) is 13.4. The Hall–Kier alpha value is -1.43. The fourth-order valence-corrected chi connectivity index (χ4v) is 2.85. The van der Waals surface area contributed by atoms with Gasteiger partial charge in [-0.15, -0.1) is 0 Å². The van der Waals surface area contributed by atoms with E-state index in [4.69, 9.17) is 10.5 Å². The molecule has 1 heterocycles. The summed E-state index contributed by atoms with van der Waals surface area (Å²) >= 11 is 0. The molecule has 0 radical (unpaired) electrons. The van der Waals surface area contributed by atoms with Gasteiger partial charge in [0.1, 0.15) is 0 Å². The molecule has 102 valence electrons. The number of nitrogens with one attached hydrogen (secondary N) is 1. The zero-order valence-electron chi connectivity index (χ0n) is 10.6. The van der Waals surface area contributed by atoms with E-state index in [1.54, 1.807) is 0 Å². The normalized spacial score (nSPS) is 33.2. The van der Waals surface area contributed by atoms with Gasteiger partial charge in [0.05, 0.1) is 31.3 Å². The average Bonchev–Trinajstić information content (AvgIpc) is 2.94. The molecule has 1 saturated heterocycles. The van der Waals surface area contributed by atoms with Gasteiger partial charge in [-0.2, -0.15) is 0 Å². The summed E-state index contributed by atoms with van der Waals surface area (Å²) in [6.45, 7) is 0.777. The first-order valence-corrected chi connectivity index (χ1v) is 6.56. The lowest BCUT2D eigenvalue weighted by Crippen LogP contribution is -2.44. The van der Waals surface area contributed by atoms with Crippen molar-refractivity contribution in [3.05, 3.63) is 35.4 Å². The van der Waals surface area contributed by atoms with E-state index in [0.29, 0.717) is 19.6 Å². The second-order valence-electron chi connectivity index (χ2n) is 5.26. The summed E-state index contributed by atoms with van der Waals surface area (Å²) in [6, 6.07) is 7.19. The molecule has 5 heteroatoms. The molecular formula is C14H18N2O3. The fraction of sp³-hybridized carbons (Fsp3) is 0.500. The quantitative estimate of drug-likeness (QED) is 0.685. The summed E-state index contributed by atoms with van der Waals surface area (Å²) in [5.41, 5.74) is 7.92. The van der Waals surface area contributed by atoms with Crippen LogP contribution in [0.15, 0.2) is 24.3 Å². The molecule has 1 aliphatic heterocycles. The van der Waals surface area contributed by atoms with E-state index < -0.39 is 6.10 Å². The number of aliphatic hydroxyl groups excluding tert-OH is 1. The molecule has 5 nitrogen and oxygen atoms in total. The Morgan fingerprint density at radius 3 is 2.89 bits per heavy atom. The minimum absolute atomic E-state index is 0.134. The number of ether oxygens (including phenoxy) is 1. The maximum Gasteiger partial charge on any atom is 0.227 e. The number of rotatable bonds is 2. The van der Waals surface area contributed by atoms with Crippen LogP contribution < -0.4 is 11.1 Å². The van der Waals surface area contributed by atoms with Gasteiger partial charge in [0, 0.05) is 12.5 Å². The van der Waals surface area contributed by atoms with Crippen molar-refractivity contribution in [2.45, 2.75) is 24.6 Å². The van der Waals surface area contributed by atoms with Crippen molar-refractivity contribution in [2.24, 2.45) is 11.7 Å². The first kappa shape index (κ1) is 12.6. The fourth-order valence-electron chi connectivity index (χ4n) is 2.85. The van der Waals surface area contributed by atoms with Crippen molar-refractivity contribution in [3.8, 4) is 0 Å². The molecule has 1 aromatic carbocycles. The van der Waals surface area contributed by atoms with Crippen LogP contribution in [-0.2, 0) is 16.0 Å². The molecule has 0 bridgehead atoms. The van der Waals surface area contributed by atoms with Crippen LogP contribution >= 0.6 is 0 Å². The van der Waals surface area contributed by atoms with Crippen molar-refractivity contribution in [2.75, 3.05) is 13.2 Å². The van der Waals surface area contributed by atoms with Crippen molar-refractivity contribution in [1.29, 1.82) is 0 Å². The number of aliphatic hydroxyl groups is 1. The average molecular weight is 262 g/mol. The number of hydrogen-bond acceptors (Lipinski definition) is 4. The van der Waals surface area contributed by atoms with E-state index in [-0.39, 0.29) is 23.9 Å². The van der Waals surface area contributed by atoms with Crippen molar-refractivity contribution in [1.82, 2.24) is 5.32 Å². The highest BCUT2D eigenvalue weighted by Gasteiger charge is 2.36. The van der Waals surface area contributed by atoms with Crippen LogP contribution in [0, 0.1) is 5.92 Å². The maximum atomic E-state index is 12.2. The minimum Gasteiger partial charge on any atom is -0.390 e. The van der Waals surface area contributed by atoms with Gasteiger partial charge in [-0.3, -0.25) is 4.79 Å². The Kier molecular flexibility index (Phi) is 3.26. The minimum atomic E-state index is -0.570. The van der Waals surface area contributed by atoms with E-state index in [2.05, 4.69) is 5.32 Å². The highest BCUT2D eigenvalue weighted by Crippen LogP contribution is 2.31. The van der Waals surface area contributed by atoms with Gasteiger partial charge in [-0.05, 0) is 11.1 Å². The third kappa shape index (κ3) is 2.25. The molecule has 1 aliphatic carbocycles. The Morgan fingerprint density at radius 1 is 1.37 bits per heavy atom. The number of carbonyl (C=O) groups is 1. The molecule has 1 amide bonds. The van der Waals surface area contributed by atoms with E-state index in [9.17, 15) is 9.90 Å². The molecule has 1 fully saturated rings. The SMILES string of the molecule is NC1COCC1C(=O)N[C@H]1c2ccccc2C[C@H]1O. The number of carbonyl (C=O) groups excluding carboxylic acids is 1. The summed E-state index contributed by atoms with van der Waals surface area (Å²) in [5, 5.41) is 13.0. The molecule has 1 aromatic rings. The molecule has 0 aromatic heterocycles. The van der Waals surface area contributed by atoms with Gasteiger partial charge in [0.15, 0.2) is 0 Å². The summed E-state index contributed by atoms with van der Waals surface area (Å²) in [7, 11) is 0. The third-order valence-corrected chi connectivity index (χ3v) is 3.96. The first-order valence-electron chi connectivity index (χ1n) is 6.56. The number of nitrogens with two attached hydrogens (primary N) is 1. The summed E-state index contributed by atoms with van der Waals surface area (Å²) in [6.07, 6.45) is 0.00818. The lowest BCUT2D eigenvalue weighted by Gasteiger charge is -2.21. The van der Waals surface area contributed by atoms with E-state index >= 15 is 0 Å². The molecule has 4 atom stereocenters. The zero-order valence-corrected chi connectivity index (χ0v) is 10.6. The second-order valence-corrected chi connectivity index (χ2v) is 5.26. The maximum absolute atomic E-state index is 12.2. The lowest BCUT2D eigenvalue weighted by molar-refractivity contribution is -0.126. The second kappa shape index (κ2) is 4.92. The number of hydrogen-bond donors (Lipinski definition) is 3. The van der Waals surface area contributed by atoms with Crippen LogP contribution in [0.1, 0.15) is 17.2 Å². The van der Waals surface area contributed by atoms with Crippen LogP contribution in [0.5, 0.6) is 0 Å². The van der Waals surface area contributed by atoms with Crippen LogP contribution in [-0.4, -0.2) is 36.4 Å². The topological polar surface area (TPSA) is 84.6 Å². The van der Waals surface area contributed by atoms with E-state index in [1.165, 1.54) is 0 Å². The van der Waals surface area contributed by atoms with Gasteiger partial charge in [-0.1, -0.05) is 24.3 Å². The molecule has 0 spiro atoms. The molecule has 0 saturated carbocycles. The van der Waals surface area contributed by atoms with Gasteiger partial charge in [0.25, 0.3) is 0 Å².